The number of ether oxygens (including phenoxy) is 3. The lowest BCUT2D eigenvalue weighted by Crippen LogP contribution is -2.39. The number of aliphatic hydroxyl groups is 1. The first kappa shape index (κ1) is 25.0. The number of hydrogen-bond donors (Lipinski definition) is 1. The number of Topliss-reactive ketones (excluding diaryl/α,β-unsaturated/α-hetero) is 1. The van der Waals surface area contributed by atoms with Crippen LogP contribution in [0.25, 0.3) is 0 Å². The van der Waals surface area contributed by atoms with Crippen LogP contribution in [0.4, 0.5) is 0 Å². The van der Waals surface area contributed by atoms with Gasteiger partial charge in [-0.15, -0.1) is 0 Å². The second kappa shape index (κ2) is 11.9. The molecular formula is C25H28O7. The number of carbonyl (C=O) groups excluding carboxylic acids is 3. The Morgan fingerprint density at radius 1 is 0.969 bits per heavy atom. The van der Waals surface area contributed by atoms with Crippen molar-refractivity contribution in [1.29, 1.82) is 0 Å². The van der Waals surface area contributed by atoms with E-state index >= 15 is 0 Å². The van der Waals surface area contributed by atoms with E-state index < -0.39 is 23.6 Å². The summed E-state index contributed by atoms with van der Waals surface area (Å²) in [5.74, 6) is -1.53. The van der Waals surface area contributed by atoms with Crippen molar-refractivity contribution in [2.24, 2.45) is 0 Å². The molecule has 2 rings (SSSR count). The maximum atomic E-state index is 13.4. The van der Waals surface area contributed by atoms with E-state index in [0.717, 1.165) is 0 Å². The number of hydrogen-bond acceptors (Lipinski definition) is 7. The van der Waals surface area contributed by atoms with Crippen molar-refractivity contribution >= 4 is 17.7 Å². The predicted molar refractivity (Wildman–Crippen MR) is 118 cm³/mol. The Morgan fingerprint density at radius 3 is 2.09 bits per heavy atom. The maximum Gasteiger partial charge on any atom is 0.333 e. The summed E-state index contributed by atoms with van der Waals surface area (Å²) in [5.41, 5.74) is -0.0941. The second-order valence-corrected chi connectivity index (χ2v) is 7.31. The van der Waals surface area contributed by atoms with Crippen molar-refractivity contribution in [1.82, 2.24) is 0 Å². The van der Waals surface area contributed by atoms with Gasteiger partial charge in [0.05, 0.1) is 0 Å². The lowest BCUT2D eigenvalue weighted by Gasteiger charge is -2.31. The molecule has 2 aromatic rings. The Morgan fingerprint density at radius 2 is 1.53 bits per heavy atom. The van der Waals surface area contributed by atoms with Gasteiger partial charge in [-0.25, -0.2) is 4.79 Å². The van der Waals surface area contributed by atoms with Crippen molar-refractivity contribution in [3.8, 4) is 0 Å². The highest BCUT2D eigenvalue weighted by molar-refractivity contribution is 6.03. The van der Waals surface area contributed by atoms with Gasteiger partial charge in [-0.05, 0) is 18.9 Å². The number of esters is 2. The van der Waals surface area contributed by atoms with Gasteiger partial charge in [0.15, 0.2) is 11.4 Å². The van der Waals surface area contributed by atoms with Crippen molar-refractivity contribution in [3.05, 3.63) is 83.9 Å². The molecular weight excluding hydrogens is 412 g/mol. The molecule has 2 aromatic carbocycles. The second-order valence-electron chi connectivity index (χ2n) is 7.31. The van der Waals surface area contributed by atoms with Crippen LogP contribution in [0.3, 0.4) is 0 Å². The van der Waals surface area contributed by atoms with Gasteiger partial charge in [0.25, 0.3) is 0 Å². The molecule has 1 N–H and O–H groups in total. The van der Waals surface area contributed by atoms with E-state index in [1.165, 1.54) is 14.0 Å². The molecule has 170 valence electrons. The summed E-state index contributed by atoms with van der Waals surface area (Å²) in [6.07, 6.45) is -1.25. The van der Waals surface area contributed by atoms with Crippen LogP contribution in [-0.4, -0.2) is 49.3 Å². The van der Waals surface area contributed by atoms with Crippen molar-refractivity contribution in [2.45, 2.75) is 31.5 Å². The Bertz CT molecular complexity index is 924. The number of methoxy groups -OCH3 is 1. The zero-order valence-electron chi connectivity index (χ0n) is 18.3. The van der Waals surface area contributed by atoms with Crippen molar-refractivity contribution < 1.29 is 33.7 Å². The molecule has 0 bridgehead atoms. The minimum Gasteiger partial charge on any atom is -0.463 e. The van der Waals surface area contributed by atoms with Crippen LogP contribution in [0.15, 0.2) is 72.8 Å². The van der Waals surface area contributed by atoms with Gasteiger partial charge >= 0.3 is 11.9 Å². The molecule has 0 radical (unpaired) electrons. The maximum absolute atomic E-state index is 13.4. The summed E-state index contributed by atoms with van der Waals surface area (Å²) < 4.78 is 15.6. The molecule has 0 saturated heterocycles. The van der Waals surface area contributed by atoms with E-state index in [2.05, 4.69) is 6.58 Å². The SMILES string of the molecule is C=C(C)C(=O)OCC(O)COC(=O)CCC(OC)(C(=O)c1ccccc1)c1ccccc1. The summed E-state index contributed by atoms with van der Waals surface area (Å²) in [6.45, 7) is 4.26. The topological polar surface area (TPSA) is 99.1 Å². The molecule has 0 aromatic heterocycles. The molecule has 0 fully saturated rings. The van der Waals surface area contributed by atoms with Crippen molar-refractivity contribution in [2.75, 3.05) is 20.3 Å². The summed E-state index contributed by atoms with van der Waals surface area (Å²) >= 11 is 0. The van der Waals surface area contributed by atoms with Crippen molar-refractivity contribution in [3.63, 3.8) is 0 Å². The molecule has 0 aliphatic rings. The Balaban J connectivity index is 2.06. The number of aliphatic hydroxyl groups excluding tert-OH is 1. The van der Waals surface area contributed by atoms with Gasteiger partial charge in [-0.2, -0.15) is 0 Å². The number of ketones is 1. The predicted octanol–water partition coefficient (Wildman–Crippen LogP) is 3.21. The normalized spacial score (nSPS) is 13.5. The van der Waals surface area contributed by atoms with Crippen LogP contribution in [0, 0.1) is 0 Å². The van der Waals surface area contributed by atoms with Gasteiger partial charge in [0.2, 0.25) is 0 Å². The smallest absolute Gasteiger partial charge is 0.333 e. The average molecular weight is 440 g/mol. The van der Waals surface area contributed by atoms with Gasteiger partial charge in [-0.3, -0.25) is 9.59 Å². The monoisotopic (exact) mass is 440 g/mol. The third kappa shape index (κ3) is 6.60. The minimum atomic E-state index is -1.38. The van der Waals surface area contributed by atoms with Crippen LogP contribution < -0.4 is 0 Å². The van der Waals surface area contributed by atoms with Gasteiger partial charge in [-0.1, -0.05) is 67.2 Å². The average Bonchev–Trinajstić information content (AvgIpc) is 2.82. The van der Waals surface area contributed by atoms with E-state index in [1.54, 1.807) is 48.5 Å². The number of rotatable bonds is 12. The van der Waals surface area contributed by atoms with Gasteiger partial charge in [0.1, 0.15) is 19.3 Å². The highest BCUT2D eigenvalue weighted by atomic mass is 16.6. The lowest BCUT2D eigenvalue weighted by atomic mass is 9.82. The first-order valence-electron chi connectivity index (χ1n) is 10.2. The zero-order valence-corrected chi connectivity index (χ0v) is 18.3. The number of carbonyl (C=O) groups is 3. The van der Waals surface area contributed by atoms with Crippen LogP contribution in [-0.2, 0) is 29.4 Å². The molecule has 7 nitrogen and oxygen atoms in total. The van der Waals surface area contributed by atoms with Gasteiger partial charge in [0, 0.05) is 24.7 Å². The summed E-state index contributed by atoms with van der Waals surface area (Å²) in [4.78, 5) is 37.1. The lowest BCUT2D eigenvalue weighted by molar-refractivity contribution is -0.151. The number of benzene rings is 2. The fraction of sp³-hybridized carbons (Fsp3) is 0.320. The fourth-order valence-electron chi connectivity index (χ4n) is 3.11. The molecule has 2 unspecified atom stereocenters. The van der Waals surface area contributed by atoms with E-state index in [9.17, 15) is 19.5 Å². The summed E-state index contributed by atoms with van der Waals surface area (Å²) in [7, 11) is 1.43. The molecule has 7 heteroatoms. The van der Waals surface area contributed by atoms with E-state index in [4.69, 9.17) is 14.2 Å². The van der Waals surface area contributed by atoms with E-state index in [0.29, 0.717) is 11.1 Å². The molecule has 0 saturated carbocycles. The molecule has 32 heavy (non-hydrogen) atoms. The molecule has 0 spiro atoms. The van der Waals surface area contributed by atoms with Crippen LogP contribution in [0.2, 0.25) is 0 Å². The minimum absolute atomic E-state index is 0.0425. The Hall–Kier alpha value is -3.29. The highest BCUT2D eigenvalue weighted by Crippen LogP contribution is 2.34. The van der Waals surface area contributed by atoms with Crippen LogP contribution in [0.5, 0.6) is 0 Å². The molecule has 0 aliphatic carbocycles. The third-order valence-electron chi connectivity index (χ3n) is 4.86. The summed E-state index contributed by atoms with van der Waals surface area (Å²) in [5, 5.41) is 9.85. The Kier molecular flexibility index (Phi) is 9.31. The zero-order chi connectivity index (χ0) is 23.6. The fourth-order valence-corrected chi connectivity index (χ4v) is 3.11. The van der Waals surface area contributed by atoms with Crippen LogP contribution >= 0.6 is 0 Å². The molecule has 0 amide bonds. The first-order chi connectivity index (χ1) is 15.3. The summed E-state index contributed by atoms with van der Waals surface area (Å²) in [6, 6.07) is 17.7. The van der Waals surface area contributed by atoms with E-state index in [-0.39, 0.29) is 37.4 Å². The molecule has 0 aliphatic heterocycles. The largest absolute Gasteiger partial charge is 0.463 e. The third-order valence-corrected chi connectivity index (χ3v) is 4.86. The van der Waals surface area contributed by atoms with Gasteiger partial charge < -0.3 is 19.3 Å². The first-order valence-corrected chi connectivity index (χ1v) is 10.2. The molecule has 0 heterocycles. The van der Waals surface area contributed by atoms with E-state index in [1.807, 2.05) is 12.1 Å². The molecule has 2 atom stereocenters. The standard InChI is InChI=1S/C25H28O7/c1-18(2)24(29)32-17-21(26)16-31-22(27)14-15-25(30-3,20-12-8-5-9-13-20)23(28)19-10-6-4-7-11-19/h4-13,21,26H,1,14-17H2,2-3H3. The van der Waals surface area contributed by atoms with Crippen LogP contribution in [0.1, 0.15) is 35.7 Å². The Labute approximate surface area is 187 Å². The quantitative estimate of drug-likeness (QED) is 0.307. The highest BCUT2D eigenvalue weighted by Gasteiger charge is 2.41.